The second-order valence-electron chi connectivity index (χ2n) is 5.86. The van der Waals surface area contributed by atoms with E-state index in [0.717, 1.165) is 24.3 Å². The molecule has 22 heavy (non-hydrogen) atoms. The third kappa shape index (κ3) is 3.14. The summed E-state index contributed by atoms with van der Waals surface area (Å²) >= 11 is 0. The largest absolute Gasteiger partial charge is 0.481 e. The van der Waals surface area contributed by atoms with Crippen LogP contribution >= 0.6 is 0 Å². The van der Waals surface area contributed by atoms with E-state index in [4.69, 9.17) is 4.74 Å². The molecule has 0 fully saturated rings. The summed E-state index contributed by atoms with van der Waals surface area (Å²) in [6.07, 6.45) is 0.450. The van der Waals surface area contributed by atoms with Crippen molar-refractivity contribution in [2.45, 2.75) is 32.9 Å². The summed E-state index contributed by atoms with van der Waals surface area (Å²) in [4.78, 5) is 14.5. The van der Waals surface area contributed by atoms with Crippen LogP contribution in [0.3, 0.4) is 0 Å². The number of benzene rings is 2. The minimum Gasteiger partial charge on any atom is -0.481 e. The Hall–Kier alpha value is -2.29. The summed E-state index contributed by atoms with van der Waals surface area (Å²) in [5, 5.41) is 0. The quantitative estimate of drug-likeness (QED) is 0.869. The molecule has 0 saturated heterocycles. The molecule has 1 atom stereocenters. The number of fused-ring (bicyclic) bond motifs is 1. The van der Waals surface area contributed by atoms with E-state index in [0.29, 0.717) is 6.54 Å². The molecule has 1 heterocycles. The number of rotatable bonds is 3. The minimum atomic E-state index is -0.466. The van der Waals surface area contributed by atoms with Crippen LogP contribution in [0, 0.1) is 6.92 Å². The molecule has 0 spiro atoms. The average Bonchev–Trinajstić information content (AvgIpc) is 2.53. The Balaban J connectivity index is 1.67. The lowest BCUT2D eigenvalue weighted by Gasteiger charge is -2.31. The first-order valence-electron chi connectivity index (χ1n) is 7.72. The van der Waals surface area contributed by atoms with E-state index < -0.39 is 6.10 Å². The summed E-state index contributed by atoms with van der Waals surface area (Å²) < 4.78 is 5.81. The first kappa shape index (κ1) is 14.6. The zero-order chi connectivity index (χ0) is 15.5. The van der Waals surface area contributed by atoms with Gasteiger partial charge in [-0.05, 0) is 49.1 Å². The number of hydrogen-bond acceptors (Lipinski definition) is 2. The number of amides is 1. The molecular formula is C19H21NO2. The highest BCUT2D eigenvalue weighted by atomic mass is 16.5. The smallest absolute Gasteiger partial charge is 0.263 e. The van der Waals surface area contributed by atoms with Gasteiger partial charge in [-0.15, -0.1) is 0 Å². The van der Waals surface area contributed by atoms with Gasteiger partial charge >= 0.3 is 0 Å². The van der Waals surface area contributed by atoms with Crippen LogP contribution in [0.2, 0.25) is 0 Å². The Labute approximate surface area is 131 Å². The van der Waals surface area contributed by atoms with Crippen LogP contribution in [0.5, 0.6) is 5.75 Å². The van der Waals surface area contributed by atoms with Crippen molar-refractivity contribution in [3.63, 3.8) is 0 Å². The fourth-order valence-electron chi connectivity index (χ4n) is 2.88. The van der Waals surface area contributed by atoms with Crippen molar-refractivity contribution in [1.82, 2.24) is 4.90 Å². The highest BCUT2D eigenvalue weighted by Crippen LogP contribution is 2.20. The van der Waals surface area contributed by atoms with Gasteiger partial charge in [-0.3, -0.25) is 4.79 Å². The molecule has 0 aliphatic carbocycles. The molecule has 1 aliphatic heterocycles. The number of nitrogens with zero attached hydrogens (tertiary/aromatic N) is 1. The van der Waals surface area contributed by atoms with Gasteiger partial charge in [0.25, 0.3) is 5.91 Å². The van der Waals surface area contributed by atoms with E-state index >= 15 is 0 Å². The number of aryl methyl sites for hydroxylation is 1. The van der Waals surface area contributed by atoms with E-state index in [1.165, 1.54) is 11.1 Å². The lowest BCUT2D eigenvalue weighted by molar-refractivity contribution is -0.138. The maximum Gasteiger partial charge on any atom is 0.263 e. The highest BCUT2D eigenvalue weighted by molar-refractivity contribution is 5.81. The fraction of sp³-hybridized carbons (Fsp3) is 0.316. The molecule has 0 radical (unpaired) electrons. The summed E-state index contributed by atoms with van der Waals surface area (Å²) in [7, 11) is 0. The standard InChI is InChI=1S/C19H21NO2/c1-14-6-5-9-18(12-14)22-15(2)19(21)20-11-10-16-7-3-4-8-17(16)13-20/h3-9,12,15H,10-11,13H2,1-2H3/t15-/m0/s1. The summed E-state index contributed by atoms with van der Waals surface area (Å²) in [6.45, 7) is 5.28. The number of carbonyl (C=O) groups excluding carboxylic acids is 1. The summed E-state index contributed by atoms with van der Waals surface area (Å²) in [5.41, 5.74) is 3.72. The van der Waals surface area contributed by atoms with Gasteiger partial charge in [0.1, 0.15) is 5.75 Å². The lowest BCUT2D eigenvalue weighted by atomic mass is 9.99. The van der Waals surface area contributed by atoms with Crippen LogP contribution in [0.25, 0.3) is 0 Å². The topological polar surface area (TPSA) is 29.5 Å². The van der Waals surface area contributed by atoms with Gasteiger partial charge < -0.3 is 9.64 Å². The third-order valence-corrected chi connectivity index (χ3v) is 4.09. The molecule has 0 aromatic heterocycles. The molecule has 114 valence electrons. The normalized spacial score (nSPS) is 15.1. The number of hydrogen-bond donors (Lipinski definition) is 0. The SMILES string of the molecule is Cc1cccc(O[C@@H](C)C(=O)N2CCc3ccccc3C2)c1. The van der Waals surface area contributed by atoms with Crippen molar-refractivity contribution in [2.75, 3.05) is 6.54 Å². The number of ether oxygens (including phenoxy) is 1. The van der Waals surface area contributed by atoms with Gasteiger partial charge in [-0.1, -0.05) is 36.4 Å². The molecule has 3 heteroatoms. The van der Waals surface area contributed by atoms with Crippen molar-refractivity contribution in [2.24, 2.45) is 0 Å². The van der Waals surface area contributed by atoms with E-state index in [9.17, 15) is 4.79 Å². The van der Waals surface area contributed by atoms with Crippen LogP contribution in [-0.4, -0.2) is 23.5 Å². The maximum atomic E-state index is 12.6. The van der Waals surface area contributed by atoms with Gasteiger partial charge in [0.2, 0.25) is 0 Å². The lowest BCUT2D eigenvalue weighted by Crippen LogP contribution is -2.43. The third-order valence-electron chi connectivity index (χ3n) is 4.09. The molecule has 2 aromatic carbocycles. The predicted molar refractivity (Wildman–Crippen MR) is 86.8 cm³/mol. The van der Waals surface area contributed by atoms with E-state index in [2.05, 4.69) is 18.2 Å². The van der Waals surface area contributed by atoms with Crippen molar-refractivity contribution in [1.29, 1.82) is 0 Å². The Morgan fingerprint density at radius 1 is 1.14 bits per heavy atom. The Bertz CT molecular complexity index is 681. The van der Waals surface area contributed by atoms with Crippen molar-refractivity contribution in [3.05, 3.63) is 65.2 Å². The minimum absolute atomic E-state index is 0.0519. The summed E-state index contributed by atoms with van der Waals surface area (Å²) in [6, 6.07) is 16.1. The van der Waals surface area contributed by atoms with Crippen LogP contribution in [0.4, 0.5) is 0 Å². The van der Waals surface area contributed by atoms with E-state index in [1.54, 1.807) is 0 Å². The fourth-order valence-corrected chi connectivity index (χ4v) is 2.88. The predicted octanol–water partition coefficient (Wildman–Crippen LogP) is 3.35. The molecular weight excluding hydrogens is 274 g/mol. The zero-order valence-corrected chi connectivity index (χ0v) is 13.1. The Morgan fingerprint density at radius 2 is 1.91 bits per heavy atom. The van der Waals surface area contributed by atoms with Gasteiger partial charge in [0.05, 0.1) is 0 Å². The monoisotopic (exact) mass is 295 g/mol. The molecule has 1 amide bonds. The molecule has 1 aliphatic rings. The molecule has 0 unspecified atom stereocenters. The van der Waals surface area contributed by atoms with Gasteiger partial charge in [0, 0.05) is 13.1 Å². The first-order chi connectivity index (χ1) is 10.6. The van der Waals surface area contributed by atoms with E-state index in [-0.39, 0.29) is 5.91 Å². The molecule has 3 rings (SSSR count). The second kappa shape index (κ2) is 6.22. The molecule has 2 aromatic rings. The van der Waals surface area contributed by atoms with Gasteiger partial charge in [0.15, 0.2) is 6.10 Å². The van der Waals surface area contributed by atoms with Crippen molar-refractivity contribution < 1.29 is 9.53 Å². The Morgan fingerprint density at radius 3 is 2.68 bits per heavy atom. The second-order valence-corrected chi connectivity index (χ2v) is 5.86. The summed E-state index contributed by atoms with van der Waals surface area (Å²) in [5.74, 6) is 0.800. The average molecular weight is 295 g/mol. The van der Waals surface area contributed by atoms with Gasteiger partial charge in [-0.2, -0.15) is 0 Å². The van der Waals surface area contributed by atoms with Crippen LogP contribution in [0.1, 0.15) is 23.6 Å². The van der Waals surface area contributed by atoms with Gasteiger partial charge in [-0.25, -0.2) is 0 Å². The number of carbonyl (C=O) groups is 1. The zero-order valence-electron chi connectivity index (χ0n) is 13.1. The molecule has 3 nitrogen and oxygen atoms in total. The highest BCUT2D eigenvalue weighted by Gasteiger charge is 2.25. The van der Waals surface area contributed by atoms with Crippen LogP contribution in [0.15, 0.2) is 48.5 Å². The molecule has 0 bridgehead atoms. The molecule has 0 saturated carbocycles. The molecule has 0 N–H and O–H groups in total. The van der Waals surface area contributed by atoms with Crippen molar-refractivity contribution >= 4 is 5.91 Å². The maximum absolute atomic E-state index is 12.6. The van der Waals surface area contributed by atoms with Crippen LogP contribution < -0.4 is 4.74 Å². The Kier molecular flexibility index (Phi) is 4.14. The van der Waals surface area contributed by atoms with E-state index in [1.807, 2.05) is 49.1 Å². The van der Waals surface area contributed by atoms with Crippen LogP contribution in [-0.2, 0) is 17.8 Å². The first-order valence-corrected chi connectivity index (χ1v) is 7.72. The van der Waals surface area contributed by atoms with Crippen molar-refractivity contribution in [3.8, 4) is 5.75 Å².